The first-order chi connectivity index (χ1) is 7.72. The van der Waals surface area contributed by atoms with Crippen molar-refractivity contribution in [3.63, 3.8) is 0 Å². The Labute approximate surface area is 99.7 Å². The fourth-order valence-electron chi connectivity index (χ4n) is 1.71. The molecule has 1 aromatic carbocycles. The number of hydrogen-bond acceptors (Lipinski definition) is 4. The van der Waals surface area contributed by atoms with Crippen molar-refractivity contribution in [3.8, 4) is 0 Å². The number of rotatable bonds is 3. The van der Waals surface area contributed by atoms with Crippen molar-refractivity contribution >= 4 is 11.5 Å². The van der Waals surface area contributed by atoms with Gasteiger partial charge in [0.2, 0.25) is 0 Å². The van der Waals surface area contributed by atoms with Gasteiger partial charge in [-0.3, -0.25) is 0 Å². The molecule has 1 unspecified atom stereocenters. The fraction of sp³-hybridized carbons (Fsp3) is 0.333. The van der Waals surface area contributed by atoms with Crippen LogP contribution in [-0.2, 0) is 0 Å². The first-order valence-electron chi connectivity index (χ1n) is 5.25. The highest BCUT2D eigenvalue weighted by Gasteiger charge is 2.16. The third kappa shape index (κ3) is 2.13. The average Bonchev–Trinajstić information content (AvgIpc) is 2.69. The Bertz CT molecular complexity index is 461. The molecule has 1 atom stereocenters. The standard InChI is InChI=1S/C12H15N3S/c1-8-4-6-10(7-5-8)11(13-3)12-9(2)14-15-16-12/h4-7,11,13H,1-3H3. The van der Waals surface area contributed by atoms with Gasteiger partial charge < -0.3 is 5.32 Å². The van der Waals surface area contributed by atoms with E-state index in [1.807, 2.05) is 14.0 Å². The molecule has 0 spiro atoms. The van der Waals surface area contributed by atoms with Gasteiger partial charge in [0.15, 0.2) is 0 Å². The van der Waals surface area contributed by atoms with Gasteiger partial charge in [-0.15, -0.1) is 5.10 Å². The van der Waals surface area contributed by atoms with Crippen LogP contribution in [-0.4, -0.2) is 16.6 Å². The van der Waals surface area contributed by atoms with Gasteiger partial charge in [0.25, 0.3) is 0 Å². The maximum atomic E-state index is 4.06. The monoisotopic (exact) mass is 233 g/mol. The molecule has 1 aromatic heterocycles. The number of aryl methyl sites for hydroxylation is 2. The summed E-state index contributed by atoms with van der Waals surface area (Å²) in [5.74, 6) is 0. The van der Waals surface area contributed by atoms with Crippen molar-refractivity contribution in [3.05, 3.63) is 46.0 Å². The predicted octanol–water partition coefficient (Wildman–Crippen LogP) is 2.46. The Morgan fingerprint density at radius 2 is 1.88 bits per heavy atom. The van der Waals surface area contributed by atoms with Gasteiger partial charge in [-0.2, -0.15) is 0 Å². The SMILES string of the molecule is CNC(c1ccc(C)cc1)c1snnc1C. The highest BCUT2D eigenvalue weighted by Crippen LogP contribution is 2.26. The van der Waals surface area contributed by atoms with Crippen LogP contribution in [0.5, 0.6) is 0 Å². The summed E-state index contributed by atoms with van der Waals surface area (Å²) in [4.78, 5) is 1.19. The number of aromatic nitrogens is 2. The van der Waals surface area contributed by atoms with E-state index in [1.165, 1.54) is 27.5 Å². The molecule has 16 heavy (non-hydrogen) atoms. The second-order valence-corrected chi connectivity index (χ2v) is 4.64. The van der Waals surface area contributed by atoms with Gasteiger partial charge in [-0.25, -0.2) is 0 Å². The van der Waals surface area contributed by atoms with Crippen LogP contribution in [0.2, 0.25) is 0 Å². The van der Waals surface area contributed by atoms with Crippen molar-refractivity contribution < 1.29 is 0 Å². The van der Waals surface area contributed by atoms with Gasteiger partial charge in [0.1, 0.15) is 0 Å². The molecule has 1 heterocycles. The van der Waals surface area contributed by atoms with Gasteiger partial charge in [0, 0.05) is 0 Å². The summed E-state index contributed by atoms with van der Waals surface area (Å²) in [5.41, 5.74) is 3.53. The van der Waals surface area contributed by atoms with Crippen LogP contribution in [0.4, 0.5) is 0 Å². The number of benzene rings is 1. The van der Waals surface area contributed by atoms with E-state index in [1.54, 1.807) is 0 Å². The zero-order valence-corrected chi connectivity index (χ0v) is 10.5. The summed E-state index contributed by atoms with van der Waals surface area (Å²) >= 11 is 1.46. The highest BCUT2D eigenvalue weighted by molar-refractivity contribution is 7.05. The van der Waals surface area contributed by atoms with E-state index in [0.717, 1.165) is 5.69 Å². The maximum Gasteiger partial charge on any atom is 0.0776 e. The van der Waals surface area contributed by atoms with E-state index >= 15 is 0 Å². The number of nitrogens with zero attached hydrogens (tertiary/aromatic N) is 2. The second kappa shape index (κ2) is 4.72. The van der Waals surface area contributed by atoms with E-state index in [-0.39, 0.29) is 6.04 Å². The average molecular weight is 233 g/mol. The maximum absolute atomic E-state index is 4.06. The highest BCUT2D eigenvalue weighted by atomic mass is 32.1. The molecule has 84 valence electrons. The van der Waals surface area contributed by atoms with Crippen LogP contribution in [0.3, 0.4) is 0 Å². The summed E-state index contributed by atoms with van der Waals surface area (Å²) in [6.07, 6.45) is 0. The summed E-state index contributed by atoms with van der Waals surface area (Å²) in [7, 11) is 1.96. The molecule has 0 fully saturated rings. The number of nitrogens with one attached hydrogen (secondary N) is 1. The Morgan fingerprint density at radius 1 is 1.19 bits per heavy atom. The molecule has 0 bridgehead atoms. The van der Waals surface area contributed by atoms with Crippen LogP contribution in [0.1, 0.15) is 27.7 Å². The largest absolute Gasteiger partial charge is 0.309 e. The van der Waals surface area contributed by atoms with Crippen LogP contribution in [0.15, 0.2) is 24.3 Å². The van der Waals surface area contributed by atoms with E-state index in [2.05, 4.69) is 46.1 Å². The topological polar surface area (TPSA) is 37.8 Å². The third-order valence-corrected chi connectivity index (χ3v) is 3.54. The first-order valence-corrected chi connectivity index (χ1v) is 6.02. The van der Waals surface area contributed by atoms with Crippen LogP contribution in [0, 0.1) is 13.8 Å². The first kappa shape index (κ1) is 11.2. The lowest BCUT2D eigenvalue weighted by Crippen LogP contribution is -2.17. The zero-order valence-electron chi connectivity index (χ0n) is 9.69. The minimum Gasteiger partial charge on any atom is -0.309 e. The van der Waals surface area contributed by atoms with Gasteiger partial charge in [-0.1, -0.05) is 34.3 Å². The zero-order chi connectivity index (χ0) is 11.5. The van der Waals surface area contributed by atoms with Crippen molar-refractivity contribution in [2.24, 2.45) is 0 Å². The molecule has 2 rings (SSSR count). The minimum atomic E-state index is 0.195. The number of hydrogen-bond donors (Lipinski definition) is 1. The van der Waals surface area contributed by atoms with Gasteiger partial charge in [-0.05, 0) is 38.0 Å². The summed E-state index contributed by atoms with van der Waals surface area (Å²) in [5, 5.41) is 7.37. The summed E-state index contributed by atoms with van der Waals surface area (Å²) < 4.78 is 3.99. The molecule has 0 saturated carbocycles. The quantitative estimate of drug-likeness (QED) is 0.885. The normalized spacial score (nSPS) is 12.7. The molecule has 4 heteroatoms. The summed E-state index contributed by atoms with van der Waals surface area (Å²) in [6.45, 7) is 4.09. The Kier molecular flexibility index (Phi) is 3.31. The van der Waals surface area contributed by atoms with E-state index in [0.29, 0.717) is 0 Å². The molecule has 1 N–H and O–H groups in total. The van der Waals surface area contributed by atoms with E-state index < -0.39 is 0 Å². The van der Waals surface area contributed by atoms with Crippen LogP contribution >= 0.6 is 11.5 Å². The molecule has 0 amide bonds. The van der Waals surface area contributed by atoms with Gasteiger partial charge in [0.05, 0.1) is 16.6 Å². The van der Waals surface area contributed by atoms with Crippen molar-refractivity contribution in [1.29, 1.82) is 0 Å². The predicted molar refractivity (Wildman–Crippen MR) is 66.7 cm³/mol. The smallest absolute Gasteiger partial charge is 0.0776 e. The molecule has 3 nitrogen and oxygen atoms in total. The molecular formula is C12H15N3S. The fourth-order valence-corrected chi connectivity index (χ4v) is 2.49. The molecule has 2 aromatic rings. The molecule has 0 aliphatic rings. The molecule has 0 aliphatic heterocycles. The van der Waals surface area contributed by atoms with Crippen LogP contribution < -0.4 is 5.32 Å². The Hall–Kier alpha value is -1.26. The van der Waals surface area contributed by atoms with E-state index in [9.17, 15) is 0 Å². The molecule has 0 saturated heterocycles. The third-order valence-electron chi connectivity index (χ3n) is 2.65. The Morgan fingerprint density at radius 3 is 2.38 bits per heavy atom. The van der Waals surface area contributed by atoms with Crippen molar-refractivity contribution in [2.45, 2.75) is 19.9 Å². The molecule has 0 aliphatic carbocycles. The minimum absolute atomic E-state index is 0.195. The van der Waals surface area contributed by atoms with Gasteiger partial charge >= 0.3 is 0 Å². The van der Waals surface area contributed by atoms with E-state index in [4.69, 9.17) is 0 Å². The lowest BCUT2D eigenvalue weighted by Gasteiger charge is -2.15. The molecular weight excluding hydrogens is 218 g/mol. The lowest BCUT2D eigenvalue weighted by atomic mass is 10.0. The molecule has 0 radical (unpaired) electrons. The second-order valence-electron chi connectivity index (χ2n) is 3.85. The lowest BCUT2D eigenvalue weighted by molar-refractivity contribution is 0.697. The van der Waals surface area contributed by atoms with Crippen molar-refractivity contribution in [2.75, 3.05) is 7.05 Å². The van der Waals surface area contributed by atoms with Crippen molar-refractivity contribution in [1.82, 2.24) is 14.9 Å². The summed E-state index contributed by atoms with van der Waals surface area (Å²) in [6, 6.07) is 8.75. The Balaban J connectivity index is 2.37. The van der Waals surface area contributed by atoms with Crippen LogP contribution in [0.25, 0.3) is 0 Å².